The van der Waals surface area contributed by atoms with Crippen LogP contribution in [0.25, 0.3) is 0 Å². The average molecular weight is 473 g/mol. The van der Waals surface area contributed by atoms with Crippen molar-refractivity contribution >= 4 is 27.3 Å². The summed E-state index contributed by atoms with van der Waals surface area (Å²) in [6.45, 7) is 0. The average Bonchev–Trinajstić information content (AvgIpc) is 2.86. The molecule has 0 heterocycles. The van der Waals surface area contributed by atoms with E-state index in [1.165, 1.54) is 11.4 Å². The number of ether oxygens (including phenoxy) is 1. The van der Waals surface area contributed by atoms with E-state index in [4.69, 9.17) is 4.74 Å². The first-order chi connectivity index (χ1) is 16.4. The lowest BCUT2D eigenvalue weighted by Gasteiger charge is -2.19. The maximum Gasteiger partial charge on any atom is 0.264 e. The van der Waals surface area contributed by atoms with Gasteiger partial charge in [-0.05, 0) is 54.1 Å². The van der Waals surface area contributed by atoms with E-state index < -0.39 is 10.0 Å². The Bertz CT molecular complexity index is 1360. The van der Waals surface area contributed by atoms with Crippen LogP contribution in [0.5, 0.6) is 11.5 Å². The molecule has 34 heavy (non-hydrogen) atoms. The second-order valence-electron chi connectivity index (χ2n) is 7.59. The van der Waals surface area contributed by atoms with Crippen LogP contribution < -0.4 is 14.4 Å². The van der Waals surface area contributed by atoms with Gasteiger partial charge >= 0.3 is 0 Å². The second kappa shape index (κ2) is 10.2. The molecular formula is C27H24N2O4S. The van der Waals surface area contributed by atoms with Gasteiger partial charge in [0.15, 0.2) is 5.75 Å². The largest absolute Gasteiger partial charge is 0.455 e. The van der Waals surface area contributed by atoms with E-state index in [1.807, 2.05) is 42.5 Å². The van der Waals surface area contributed by atoms with Crippen molar-refractivity contribution in [1.29, 1.82) is 0 Å². The summed E-state index contributed by atoms with van der Waals surface area (Å²) in [6, 6.07) is 31.7. The van der Waals surface area contributed by atoms with Gasteiger partial charge in [-0.25, -0.2) is 8.42 Å². The van der Waals surface area contributed by atoms with Crippen molar-refractivity contribution in [3.05, 3.63) is 115 Å². The molecule has 0 radical (unpaired) electrons. The van der Waals surface area contributed by atoms with Gasteiger partial charge in [0.05, 0.1) is 22.7 Å². The zero-order chi connectivity index (χ0) is 24.0. The Kier molecular flexibility index (Phi) is 6.94. The van der Waals surface area contributed by atoms with Gasteiger partial charge in [-0.15, -0.1) is 0 Å². The molecule has 0 aliphatic carbocycles. The molecular weight excluding hydrogens is 448 g/mol. The Morgan fingerprint density at radius 2 is 1.38 bits per heavy atom. The van der Waals surface area contributed by atoms with Gasteiger partial charge in [-0.2, -0.15) is 0 Å². The number of benzene rings is 4. The highest BCUT2D eigenvalue weighted by molar-refractivity contribution is 7.92. The highest BCUT2D eigenvalue weighted by atomic mass is 32.2. The van der Waals surface area contributed by atoms with E-state index in [2.05, 4.69) is 5.32 Å². The number of para-hydroxylation sites is 3. The summed E-state index contributed by atoms with van der Waals surface area (Å²) in [5.74, 6) is 1.02. The van der Waals surface area contributed by atoms with E-state index in [1.54, 1.807) is 66.7 Å². The number of hydrogen-bond donors (Lipinski definition) is 1. The number of hydrogen-bond acceptors (Lipinski definition) is 4. The van der Waals surface area contributed by atoms with E-state index in [0.717, 1.165) is 5.56 Å². The fourth-order valence-corrected chi connectivity index (χ4v) is 4.58. The summed E-state index contributed by atoms with van der Waals surface area (Å²) in [7, 11) is -2.15. The van der Waals surface area contributed by atoms with Crippen LogP contribution in [0.3, 0.4) is 0 Å². The van der Waals surface area contributed by atoms with Crippen molar-refractivity contribution in [3.63, 3.8) is 0 Å². The Labute approximate surface area is 199 Å². The summed E-state index contributed by atoms with van der Waals surface area (Å²) >= 11 is 0. The van der Waals surface area contributed by atoms with Gasteiger partial charge in [0.2, 0.25) is 5.91 Å². The summed E-state index contributed by atoms with van der Waals surface area (Å²) in [5.41, 5.74) is 1.84. The van der Waals surface area contributed by atoms with Crippen LogP contribution in [-0.4, -0.2) is 21.4 Å². The molecule has 0 atom stereocenters. The summed E-state index contributed by atoms with van der Waals surface area (Å²) in [6.07, 6.45) is 0.134. The fraction of sp³-hybridized carbons (Fsp3) is 0.0741. The lowest BCUT2D eigenvalue weighted by atomic mass is 10.1. The molecule has 1 N–H and O–H groups in total. The molecule has 0 aliphatic heterocycles. The molecule has 0 fully saturated rings. The minimum Gasteiger partial charge on any atom is -0.455 e. The first-order valence-electron chi connectivity index (χ1n) is 10.7. The minimum atomic E-state index is -3.66. The van der Waals surface area contributed by atoms with E-state index >= 15 is 0 Å². The highest BCUT2D eigenvalue weighted by Crippen LogP contribution is 2.29. The Balaban J connectivity index is 1.42. The third-order valence-corrected chi connectivity index (χ3v) is 7.00. The maximum absolute atomic E-state index is 12.8. The number of carbonyl (C=O) groups is 1. The first-order valence-corrected chi connectivity index (χ1v) is 12.1. The first kappa shape index (κ1) is 23.1. The van der Waals surface area contributed by atoms with Gasteiger partial charge in [0.25, 0.3) is 10.0 Å². The lowest BCUT2D eigenvalue weighted by Crippen LogP contribution is -2.26. The van der Waals surface area contributed by atoms with Crippen LogP contribution in [0.2, 0.25) is 0 Å². The molecule has 0 unspecified atom stereocenters. The van der Waals surface area contributed by atoms with E-state index in [9.17, 15) is 13.2 Å². The van der Waals surface area contributed by atoms with Gasteiger partial charge in [-0.3, -0.25) is 9.10 Å². The van der Waals surface area contributed by atoms with Gasteiger partial charge in [0, 0.05) is 7.05 Å². The zero-order valence-electron chi connectivity index (χ0n) is 18.6. The SMILES string of the molecule is CN(c1ccc(CC(=O)Nc2ccccc2Oc2ccccc2)cc1)S(=O)(=O)c1ccccc1. The lowest BCUT2D eigenvalue weighted by molar-refractivity contribution is -0.115. The van der Waals surface area contributed by atoms with Crippen LogP contribution in [-0.2, 0) is 21.2 Å². The zero-order valence-corrected chi connectivity index (χ0v) is 19.4. The van der Waals surface area contributed by atoms with Crippen molar-refractivity contribution in [1.82, 2.24) is 0 Å². The monoisotopic (exact) mass is 472 g/mol. The van der Waals surface area contributed by atoms with Crippen LogP contribution in [0.15, 0.2) is 114 Å². The normalized spacial score (nSPS) is 11.0. The van der Waals surface area contributed by atoms with Crippen LogP contribution in [0.1, 0.15) is 5.56 Å². The molecule has 0 saturated heterocycles. The summed E-state index contributed by atoms with van der Waals surface area (Å²) in [5, 5.41) is 2.89. The van der Waals surface area contributed by atoms with Crippen LogP contribution in [0, 0.1) is 0 Å². The number of rotatable bonds is 8. The molecule has 4 rings (SSSR count). The minimum absolute atomic E-state index is 0.134. The van der Waals surface area contributed by atoms with Crippen molar-refractivity contribution in [2.45, 2.75) is 11.3 Å². The van der Waals surface area contributed by atoms with Gasteiger partial charge in [0.1, 0.15) is 5.75 Å². The Morgan fingerprint density at radius 3 is 2.06 bits per heavy atom. The smallest absolute Gasteiger partial charge is 0.264 e. The molecule has 172 valence electrons. The number of amides is 1. The Morgan fingerprint density at radius 1 is 0.794 bits per heavy atom. The van der Waals surface area contributed by atoms with Crippen molar-refractivity contribution < 1.29 is 17.9 Å². The summed E-state index contributed by atoms with van der Waals surface area (Å²) in [4.78, 5) is 12.9. The number of anilines is 2. The van der Waals surface area contributed by atoms with E-state index in [-0.39, 0.29) is 17.2 Å². The Hall–Kier alpha value is -4.10. The highest BCUT2D eigenvalue weighted by Gasteiger charge is 2.21. The molecule has 7 heteroatoms. The number of carbonyl (C=O) groups excluding carboxylic acids is 1. The third kappa shape index (κ3) is 5.44. The molecule has 1 amide bonds. The molecule has 0 aliphatic rings. The maximum atomic E-state index is 12.8. The molecule has 6 nitrogen and oxygen atoms in total. The van der Waals surface area contributed by atoms with Crippen LogP contribution in [0.4, 0.5) is 11.4 Å². The molecule has 4 aromatic carbocycles. The molecule has 4 aromatic rings. The second-order valence-corrected chi connectivity index (χ2v) is 9.56. The topological polar surface area (TPSA) is 75.7 Å². The van der Waals surface area contributed by atoms with E-state index in [0.29, 0.717) is 22.9 Å². The van der Waals surface area contributed by atoms with Crippen LogP contribution >= 0.6 is 0 Å². The third-order valence-electron chi connectivity index (χ3n) is 5.20. The molecule has 0 spiro atoms. The standard InChI is InChI=1S/C27H24N2O4S/c1-29(34(31,32)24-12-6-3-7-13-24)22-18-16-21(17-19-22)20-27(30)28-25-14-8-9-15-26(25)33-23-10-4-2-5-11-23/h2-19H,20H2,1H3,(H,28,30). The van der Waals surface area contributed by atoms with Crippen molar-refractivity contribution in [2.24, 2.45) is 0 Å². The fourth-order valence-electron chi connectivity index (χ4n) is 3.37. The predicted molar refractivity (Wildman–Crippen MR) is 134 cm³/mol. The summed E-state index contributed by atoms with van der Waals surface area (Å²) < 4.78 is 32.7. The van der Waals surface area contributed by atoms with Gasteiger partial charge in [-0.1, -0.05) is 60.7 Å². The van der Waals surface area contributed by atoms with Crippen molar-refractivity contribution in [3.8, 4) is 11.5 Å². The molecule has 0 saturated carbocycles. The number of nitrogens with one attached hydrogen (secondary N) is 1. The number of sulfonamides is 1. The predicted octanol–water partition coefficient (Wildman–Crippen LogP) is 5.49. The van der Waals surface area contributed by atoms with Crippen molar-refractivity contribution in [2.75, 3.05) is 16.7 Å². The number of nitrogens with zero attached hydrogens (tertiary/aromatic N) is 1. The van der Waals surface area contributed by atoms with Gasteiger partial charge < -0.3 is 10.1 Å². The molecule has 0 aromatic heterocycles. The quantitative estimate of drug-likeness (QED) is 0.368. The molecule has 0 bridgehead atoms.